The number of amides is 2. The molecule has 2 rings (SSSR count). The molecule has 1 aromatic carbocycles. The van der Waals surface area contributed by atoms with Crippen molar-refractivity contribution in [1.82, 2.24) is 5.32 Å². The number of carbonyl (C=O) groups excluding carboxylic acids is 3. The summed E-state index contributed by atoms with van der Waals surface area (Å²) in [5.74, 6) is -0.495. The molecule has 0 radical (unpaired) electrons. The quantitative estimate of drug-likeness (QED) is 0.687. The number of esters is 1. The Labute approximate surface area is 155 Å². The molecule has 1 aromatic heterocycles. The fraction of sp³-hybridized carbons (Fsp3) is 0.278. The molecule has 0 saturated heterocycles. The Bertz CT molecular complexity index is 761. The largest absolute Gasteiger partial charge is 0.465 e. The fourth-order valence-electron chi connectivity index (χ4n) is 2.21. The topological polar surface area (TPSA) is 97.6 Å². The third-order valence-electron chi connectivity index (χ3n) is 3.53. The van der Waals surface area contributed by atoms with Crippen molar-refractivity contribution < 1.29 is 23.5 Å². The molecule has 0 fully saturated rings. The van der Waals surface area contributed by atoms with Crippen LogP contribution in [0.2, 0.25) is 0 Å². The van der Waals surface area contributed by atoms with Crippen LogP contribution < -0.4 is 10.6 Å². The van der Waals surface area contributed by atoms with Crippen LogP contribution in [0.25, 0.3) is 0 Å². The smallest absolute Gasteiger partial charge is 0.337 e. The molecule has 2 amide bonds. The van der Waals surface area contributed by atoms with Crippen LogP contribution in [0.1, 0.15) is 27.3 Å². The summed E-state index contributed by atoms with van der Waals surface area (Å²) in [6.45, 7) is 0. The average Bonchev–Trinajstić information content (AvgIpc) is 3.19. The third kappa shape index (κ3) is 5.38. The molecular formula is C18H20N2O5S. The normalized spacial score (nSPS) is 11.5. The van der Waals surface area contributed by atoms with Crippen molar-refractivity contribution in [1.29, 1.82) is 0 Å². The van der Waals surface area contributed by atoms with E-state index in [1.807, 2.05) is 6.26 Å². The second-order valence-electron chi connectivity index (χ2n) is 5.35. The Hall–Kier alpha value is -2.74. The van der Waals surface area contributed by atoms with Crippen LogP contribution >= 0.6 is 11.8 Å². The highest BCUT2D eigenvalue weighted by Crippen LogP contribution is 2.13. The Morgan fingerprint density at radius 3 is 2.69 bits per heavy atom. The Morgan fingerprint density at radius 2 is 2.04 bits per heavy atom. The lowest BCUT2D eigenvalue weighted by Gasteiger charge is -2.17. The van der Waals surface area contributed by atoms with Gasteiger partial charge in [0, 0.05) is 5.69 Å². The SMILES string of the molecule is COC(=O)c1cccc(NC(=O)C(CCSC)NC(=O)c2ccco2)c1. The van der Waals surface area contributed by atoms with Crippen LogP contribution in [0.4, 0.5) is 5.69 Å². The van der Waals surface area contributed by atoms with E-state index in [1.54, 1.807) is 36.0 Å². The minimum atomic E-state index is -0.734. The van der Waals surface area contributed by atoms with Crippen LogP contribution in [0.3, 0.4) is 0 Å². The second kappa shape index (κ2) is 9.67. The van der Waals surface area contributed by atoms with E-state index in [0.29, 0.717) is 23.4 Å². The maximum absolute atomic E-state index is 12.6. The van der Waals surface area contributed by atoms with E-state index in [9.17, 15) is 14.4 Å². The molecule has 0 bridgehead atoms. The number of methoxy groups -OCH3 is 1. The number of anilines is 1. The van der Waals surface area contributed by atoms with Crippen LogP contribution in [-0.4, -0.2) is 42.9 Å². The summed E-state index contributed by atoms with van der Waals surface area (Å²) in [6, 6.07) is 8.80. The minimum absolute atomic E-state index is 0.139. The molecule has 8 heteroatoms. The zero-order valence-electron chi connectivity index (χ0n) is 14.5. The molecule has 0 spiro atoms. The number of carbonyl (C=O) groups is 3. The molecule has 1 heterocycles. The number of thioether (sulfide) groups is 1. The molecule has 0 aliphatic heterocycles. The van der Waals surface area contributed by atoms with Crippen molar-refractivity contribution in [3.63, 3.8) is 0 Å². The van der Waals surface area contributed by atoms with Gasteiger partial charge in [-0.2, -0.15) is 11.8 Å². The van der Waals surface area contributed by atoms with Crippen LogP contribution in [0.15, 0.2) is 47.1 Å². The number of nitrogens with one attached hydrogen (secondary N) is 2. The van der Waals surface area contributed by atoms with E-state index in [-0.39, 0.29) is 11.7 Å². The van der Waals surface area contributed by atoms with E-state index in [4.69, 9.17) is 4.42 Å². The summed E-state index contributed by atoms with van der Waals surface area (Å²) in [7, 11) is 1.29. The van der Waals surface area contributed by atoms with Crippen molar-refractivity contribution >= 4 is 35.2 Å². The van der Waals surface area contributed by atoms with Gasteiger partial charge in [0.15, 0.2) is 5.76 Å². The van der Waals surface area contributed by atoms with Crippen LogP contribution in [0.5, 0.6) is 0 Å². The molecule has 2 aromatic rings. The summed E-state index contributed by atoms with van der Waals surface area (Å²) < 4.78 is 9.72. The van der Waals surface area contributed by atoms with Gasteiger partial charge in [-0.05, 0) is 48.8 Å². The lowest BCUT2D eigenvalue weighted by atomic mass is 10.1. The van der Waals surface area contributed by atoms with E-state index in [2.05, 4.69) is 15.4 Å². The van der Waals surface area contributed by atoms with Gasteiger partial charge in [-0.25, -0.2) is 4.79 Å². The zero-order valence-corrected chi connectivity index (χ0v) is 15.3. The molecule has 2 N–H and O–H groups in total. The van der Waals surface area contributed by atoms with Gasteiger partial charge in [0.25, 0.3) is 5.91 Å². The molecule has 7 nitrogen and oxygen atoms in total. The number of hydrogen-bond donors (Lipinski definition) is 2. The van der Waals surface area contributed by atoms with E-state index >= 15 is 0 Å². The highest BCUT2D eigenvalue weighted by molar-refractivity contribution is 7.98. The maximum atomic E-state index is 12.6. The summed E-state index contributed by atoms with van der Waals surface area (Å²) in [4.78, 5) is 36.4. The Balaban J connectivity index is 2.08. The van der Waals surface area contributed by atoms with Crippen molar-refractivity contribution in [2.75, 3.05) is 24.4 Å². The number of ether oxygens (including phenoxy) is 1. The molecule has 138 valence electrons. The molecule has 26 heavy (non-hydrogen) atoms. The maximum Gasteiger partial charge on any atom is 0.337 e. The second-order valence-corrected chi connectivity index (χ2v) is 6.33. The van der Waals surface area contributed by atoms with Gasteiger partial charge in [0.1, 0.15) is 6.04 Å². The van der Waals surface area contributed by atoms with Crippen molar-refractivity contribution in [3.05, 3.63) is 54.0 Å². The van der Waals surface area contributed by atoms with Crippen molar-refractivity contribution in [3.8, 4) is 0 Å². The number of rotatable bonds is 8. The lowest BCUT2D eigenvalue weighted by molar-refractivity contribution is -0.118. The molecule has 0 aliphatic carbocycles. The standard InChI is InChI=1S/C18H20N2O5S/c1-24-18(23)12-5-3-6-13(11-12)19-16(21)14(8-10-26-2)20-17(22)15-7-4-9-25-15/h3-7,9,11,14H,8,10H2,1-2H3,(H,19,21)(H,20,22). The Morgan fingerprint density at radius 1 is 1.23 bits per heavy atom. The first-order chi connectivity index (χ1) is 12.5. The van der Waals surface area contributed by atoms with Gasteiger partial charge in [-0.3, -0.25) is 9.59 Å². The molecule has 0 saturated carbocycles. The molecule has 0 aliphatic rings. The predicted molar refractivity (Wildman–Crippen MR) is 99.4 cm³/mol. The van der Waals surface area contributed by atoms with Gasteiger partial charge in [-0.15, -0.1) is 0 Å². The first-order valence-corrected chi connectivity index (χ1v) is 9.27. The zero-order chi connectivity index (χ0) is 18.9. The summed E-state index contributed by atoms with van der Waals surface area (Å²) >= 11 is 1.57. The predicted octanol–water partition coefficient (Wildman–Crippen LogP) is 2.56. The van der Waals surface area contributed by atoms with Gasteiger partial charge < -0.3 is 19.8 Å². The van der Waals surface area contributed by atoms with Gasteiger partial charge in [-0.1, -0.05) is 6.07 Å². The summed E-state index contributed by atoms with van der Waals surface area (Å²) in [5.41, 5.74) is 0.768. The Kier molecular flexibility index (Phi) is 7.28. The fourth-order valence-corrected chi connectivity index (χ4v) is 2.68. The number of furan rings is 1. The summed E-state index contributed by atoms with van der Waals surface area (Å²) in [5, 5.41) is 5.39. The average molecular weight is 376 g/mol. The monoisotopic (exact) mass is 376 g/mol. The lowest BCUT2D eigenvalue weighted by Crippen LogP contribution is -2.44. The molecule has 1 unspecified atom stereocenters. The van der Waals surface area contributed by atoms with E-state index in [1.165, 1.54) is 25.5 Å². The molecule has 1 atom stereocenters. The number of benzene rings is 1. The van der Waals surface area contributed by atoms with E-state index < -0.39 is 17.9 Å². The first-order valence-electron chi connectivity index (χ1n) is 7.87. The highest BCUT2D eigenvalue weighted by atomic mass is 32.2. The van der Waals surface area contributed by atoms with Crippen molar-refractivity contribution in [2.24, 2.45) is 0 Å². The van der Waals surface area contributed by atoms with Crippen molar-refractivity contribution in [2.45, 2.75) is 12.5 Å². The first kappa shape index (κ1) is 19.6. The highest BCUT2D eigenvalue weighted by Gasteiger charge is 2.22. The van der Waals surface area contributed by atoms with Crippen LogP contribution in [0, 0.1) is 0 Å². The molecular weight excluding hydrogens is 356 g/mol. The summed E-state index contributed by atoms with van der Waals surface area (Å²) in [6.07, 6.45) is 3.77. The van der Waals surface area contributed by atoms with Gasteiger partial charge >= 0.3 is 5.97 Å². The third-order valence-corrected chi connectivity index (χ3v) is 4.17. The number of hydrogen-bond acceptors (Lipinski definition) is 6. The van der Waals surface area contributed by atoms with E-state index in [0.717, 1.165) is 0 Å². The minimum Gasteiger partial charge on any atom is -0.465 e. The van der Waals surface area contributed by atoms with Crippen LogP contribution in [-0.2, 0) is 9.53 Å². The van der Waals surface area contributed by atoms with Gasteiger partial charge in [0.2, 0.25) is 5.91 Å². The van der Waals surface area contributed by atoms with Gasteiger partial charge in [0.05, 0.1) is 18.9 Å².